The summed E-state index contributed by atoms with van der Waals surface area (Å²) in [5.41, 5.74) is 0. The molecule has 0 aromatic carbocycles. The summed E-state index contributed by atoms with van der Waals surface area (Å²) in [5, 5.41) is 13.7. The van der Waals surface area contributed by atoms with Crippen LogP contribution in [0.2, 0.25) is 0 Å². The minimum atomic E-state index is -0.315. The van der Waals surface area contributed by atoms with Crippen molar-refractivity contribution in [1.29, 1.82) is 0 Å². The van der Waals surface area contributed by atoms with Crippen molar-refractivity contribution in [3.8, 4) is 0 Å². The van der Waals surface area contributed by atoms with Crippen LogP contribution in [0.3, 0.4) is 0 Å². The maximum atomic E-state index is 9.76. The summed E-state index contributed by atoms with van der Waals surface area (Å²) in [6.45, 7) is 5.85. The van der Waals surface area contributed by atoms with E-state index in [0.29, 0.717) is 11.8 Å². The first-order valence-electron chi connectivity index (χ1n) is 6.02. The van der Waals surface area contributed by atoms with Crippen molar-refractivity contribution >= 4 is 5.95 Å². The third-order valence-electron chi connectivity index (χ3n) is 3.27. The number of aliphatic hydroxyl groups excluding tert-OH is 1. The average Bonchev–Trinajstić information content (AvgIpc) is 2.89. The summed E-state index contributed by atoms with van der Waals surface area (Å²) >= 11 is 0. The molecule has 1 saturated carbocycles. The second kappa shape index (κ2) is 4.82. The van der Waals surface area contributed by atoms with Crippen molar-refractivity contribution in [1.82, 2.24) is 10.1 Å². The van der Waals surface area contributed by atoms with Gasteiger partial charge in [0.25, 0.3) is 5.95 Å². The molecule has 1 heterocycles. The number of nitrogens with zero attached hydrogens (tertiary/aromatic N) is 3. The molecule has 90 valence electrons. The molecule has 1 fully saturated rings. The van der Waals surface area contributed by atoms with E-state index in [1.807, 2.05) is 4.90 Å². The quantitative estimate of drug-likeness (QED) is 0.842. The van der Waals surface area contributed by atoms with Crippen molar-refractivity contribution in [2.75, 3.05) is 18.0 Å². The molecule has 0 spiro atoms. The second-order valence-corrected chi connectivity index (χ2v) is 4.21. The molecule has 0 radical (unpaired) electrons. The fraction of sp³-hybridized carbons (Fsp3) is 0.818. The standard InChI is InChI=1S/C11H19N3O2/c1-3-14(4-2)11-12-10(16-13-11)8-6-5-7-9(8)15/h8-9,15H,3-7H2,1-2H3. The summed E-state index contributed by atoms with van der Waals surface area (Å²) in [6, 6.07) is 0. The lowest BCUT2D eigenvalue weighted by Crippen LogP contribution is -2.23. The van der Waals surface area contributed by atoms with Crippen LogP contribution in [0.4, 0.5) is 5.95 Å². The normalized spacial score (nSPS) is 24.9. The number of hydrogen-bond donors (Lipinski definition) is 1. The van der Waals surface area contributed by atoms with Crippen molar-refractivity contribution in [3.05, 3.63) is 5.89 Å². The molecule has 0 bridgehead atoms. The lowest BCUT2D eigenvalue weighted by molar-refractivity contribution is 0.148. The summed E-state index contributed by atoms with van der Waals surface area (Å²) in [4.78, 5) is 6.41. The molecule has 1 aromatic rings. The number of hydrogen-bond acceptors (Lipinski definition) is 5. The van der Waals surface area contributed by atoms with E-state index in [1.165, 1.54) is 0 Å². The zero-order valence-corrected chi connectivity index (χ0v) is 9.89. The van der Waals surface area contributed by atoms with Gasteiger partial charge in [-0.05, 0) is 38.3 Å². The highest BCUT2D eigenvalue weighted by atomic mass is 16.5. The largest absolute Gasteiger partial charge is 0.392 e. The Labute approximate surface area is 95.4 Å². The summed E-state index contributed by atoms with van der Waals surface area (Å²) < 4.78 is 5.24. The van der Waals surface area contributed by atoms with Gasteiger partial charge in [0.2, 0.25) is 5.89 Å². The van der Waals surface area contributed by atoms with Gasteiger partial charge in [-0.2, -0.15) is 4.98 Å². The summed E-state index contributed by atoms with van der Waals surface area (Å²) in [5.74, 6) is 1.27. The molecule has 16 heavy (non-hydrogen) atoms. The van der Waals surface area contributed by atoms with Gasteiger partial charge in [0.1, 0.15) is 0 Å². The molecule has 0 saturated heterocycles. The maximum absolute atomic E-state index is 9.76. The second-order valence-electron chi connectivity index (χ2n) is 4.21. The van der Waals surface area contributed by atoms with Gasteiger partial charge in [0.15, 0.2) is 0 Å². The van der Waals surface area contributed by atoms with Gasteiger partial charge in [-0.3, -0.25) is 0 Å². The lowest BCUT2D eigenvalue weighted by Gasteiger charge is -2.14. The molecular formula is C11H19N3O2. The highest BCUT2D eigenvalue weighted by Crippen LogP contribution is 2.34. The Bertz CT molecular complexity index is 336. The maximum Gasteiger partial charge on any atom is 0.266 e. The van der Waals surface area contributed by atoms with E-state index in [-0.39, 0.29) is 12.0 Å². The van der Waals surface area contributed by atoms with Gasteiger partial charge in [0, 0.05) is 13.1 Å². The van der Waals surface area contributed by atoms with Crippen molar-refractivity contribution < 1.29 is 9.63 Å². The highest BCUT2D eigenvalue weighted by Gasteiger charge is 2.31. The predicted molar refractivity (Wildman–Crippen MR) is 60.5 cm³/mol. The number of rotatable bonds is 4. The van der Waals surface area contributed by atoms with Crippen LogP contribution >= 0.6 is 0 Å². The van der Waals surface area contributed by atoms with E-state index in [9.17, 15) is 5.11 Å². The minimum Gasteiger partial charge on any atom is -0.392 e. The molecule has 5 heteroatoms. The van der Waals surface area contributed by atoms with Gasteiger partial charge in [-0.1, -0.05) is 0 Å². The summed E-state index contributed by atoms with van der Waals surface area (Å²) in [6.07, 6.45) is 2.51. The molecule has 0 amide bonds. The van der Waals surface area contributed by atoms with E-state index in [2.05, 4.69) is 24.0 Å². The Morgan fingerprint density at radius 2 is 2.12 bits per heavy atom. The van der Waals surface area contributed by atoms with Gasteiger partial charge in [0.05, 0.1) is 12.0 Å². The average molecular weight is 225 g/mol. The molecule has 1 N–H and O–H groups in total. The number of aliphatic hydroxyl groups is 1. The summed E-state index contributed by atoms with van der Waals surface area (Å²) in [7, 11) is 0. The topological polar surface area (TPSA) is 62.4 Å². The third kappa shape index (κ3) is 2.04. The molecular weight excluding hydrogens is 206 g/mol. The van der Waals surface area contributed by atoms with Crippen LogP contribution in [-0.2, 0) is 0 Å². The Kier molecular flexibility index (Phi) is 3.43. The minimum absolute atomic E-state index is 0.0387. The van der Waals surface area contributed by atoms with Crippen LogP contribution in [0.1, 0.15) is 44.9 Å². The zero-order chi connectivity index (χ0) is 11.5. The van der Waals surface area contributed by atoms with Gasteiger partial charge >= 0.3 is 0 Å². The van der Waals surface area contributed by atoms with Crippen molar-refractivity contribution in [2.45, 2.75) is 45.1 Å². The molecule has 2 rings (SSSR count). The van der Waals surface area contributed by atoms with E-state index in [4.69, 9.17) is 4.52 Å². The predicted octanol–water partition coefficient (Wildman–Crippen LogP) is 1.54. The molecule has 1 aliphatic carbocycles. The smallest absolute Gasteiger partial charge is 0.266 e. The first-order chi connectivity index (χ1) is 7.76. The molecule has 1 aliphatic rings. The highest BCUT2D eigenvalue weighted by molar-refractivity contribution is 5.27. The van der Waals surface area contributed by atoms with Crippen LogP contribution in [0, 0.1) is 0 Å². The van der Waals surface area contributed by atoms with Crippen molar-refractivity contribution in [3.63, 3.8) is 0 Å². The van der Waals surface area contributed by atoms with E-state index < -0.39 is 0 Å². The van der Waals surface area contributed by atoms with E-state index >= 15 is 0 Å². The van der Waals surface area contributed by atoms with Crippen LogP contribution in [0.15, 0.2) is 4.52 Å². The lowest BCUT2D eigenvalue weighted by atomic mass is 10.1. The SMILES string of the molecule is CCN(CC)c1noc(C2CCCC2O)n1. The molecule has 1 aromatic heterocycles. The van der Waals surface area contributed by atoms with Gasteiger partial charge in [-0.15, -0.1) is 0 Å². The molecule has 0 aliphatic heterocycles. The Balaban J connectivity index is 2.12. The number of anilines is 1. The Hall–Kier alpha value is -1.10. The van der Waals surface area contributed by atoms with Crippen molar-refractivity contribution in [2.24, 2.45) is 0 Å². The Morgan fingerprint density at radius 3 is 2.69 bits per heavy atom. The fourth-order valence-electron chi connectivity index (χ4n) is 2.24. The van der Waals surface area contributed by atoms with Crippen LogP contribution < -0.4 is 4.90 Å². The van der Waals surface area contributed by atoms with E-state index in [1.54, 1.807) is 0 Å². The molecule has 5 nitrogen and oxygen atoms in total. The number of aromatic nitrogens is 2. The van der Waals surface area contributed by atoms with Gasteiger partial charge in [-0.25, -0.2) is 0 Å². The monoisotopic (exact) mass is 225 g/mol. The fourth-order valence-corrected chi connectivity index (χ4v) is 2.24. The molecule has 2 atom stereocenters. The van der Waals surface area contributed by atoms with Crippen LogP contribution in [0.5, 0.6) is 0 Å². The van der Waals surface area contributed by atoms with Crippen LogP contribution in [-0.4, -0.2) is 34.4 Å². The van der Waals surface area contributed by atoms with Crippen LogP contribution in [0.25, 0.3) is 0 Å². The molecule has 2 unspecified atom stereocenters. The first-order valence-corrected chi connectivity index (χ1v) is 6.02. The zero-order valence-electron chi connectivity index (χ0n) is 9.89. The third-order valence-corrected chi connectivity index (χ3v) is 3.27. The first kappa shape index (κ1) is 11.4. The Morgan fingerprint density at radius 1 is 1.38 bits per heavy atom. The van der Waals surface area contributed by atoms with E-state index in [0.717, 1.165) is 32.4 Å². The van der Waals surface area contributed by atoms with Gasteiger partial charge < -0.3 is 14.5 Å².